The summed E-state index contributed by atoms with van der Waals surface area (Å²) in [6.45, 7) is 7.12. The van der Waals surface area contributed by atoms with Gasteiger partial charge in [-0.05, 0) is 45.4 Å². The molecule has 3 rings (SSSR count). The van der Waals surface area contributed by atoms with Crippen LogP contribution < -0.4 is 5.32 Å². The van der Waals surface area contributed by atoms with Gasteiger partial charge in [0.2, 0.25) is 5.91 Å². The van der Waals surface area contributed by atoms with Gasteiger partial charge in [0.25, 0.3) is 0 Å². The molecule has 0 spiro atoms. The van der Waals surface area contributed by atoms with E-state index in [-0.39, 0.29) is 6.04 Å². The van der Waals surface area contributed by atoms with Gasteiger partial charge in [0.1, 0.15) is 0 Å². The molecule has 19 heavy (non-hydrogen) atoms. The van der Waals surface area contributed by atoms with E-state index in [2.05, 4.69) is 40.8 Å². The molecule has 1 aromatic heterocycles. The summed E-state index contributed by atoms with van der Waals surface area (Å²) >= 11 is 0. The van der Waals surface area contributed by atoms with Gasteiger partial charge in [-0.2, -0.15) is 0 Å². The lowest BCUT2D eigenvalue weighted by Crippen LogP contribution is -2.43. The highest BCUT2D eigenvalue weighted by Crippen LogP contribution is 2.28. The molecular weight excluding hydrogens is 238 g/mol. The zero-order valence-electron chi connectivity index (χ0n) is 11.9. The zero-order chi connectivity index (χ0) is 13.4. The maximum atomic E-state index is 12.5. The fourth-order valence-corrected chi connectivity index (χ4v) is 3.42. The summed E-state index contributed by atoms with van der Waals surface area (Å²) < 4.78 is 2.34. The molecule has 1 aromatic rings. The summed E-state index contributed by atoms with van der Waals surface area (Å²) in [5.74, 6) is 0.303. The summed E-state index contributed by atoms with van der Waals surface area (Å²) in [5, 5.41) is 3.41. The molecule has 2 aliphatic rings. The number of hydrogen-bond donors (Lipinski definition) is 1. The van der Waals surface area contributed by atoms with Gasteiger partial charge in [0.15, 0.2) is 0 Å². The Bertz CT molecular complexity index is 474. The summed E-state index contributed by atoms with van der Waals surface area (Å²) in [6.07, 6.45) is 3.00. The van der Waals surface area contributed by atoms with Gasteiger partial charge < -0.3 is 14.8 Å². The number of nitrogens with one attached hydrogen (secondary N) is 1. The van der Waals surface area contributed by atoms with Crippen molar-refractivity contribution >= 4 is 5.91 Å². The number of rotatable bonds is 2. The molecule has 0 saturated carbocycles. The van der Waals surface area contributed by atoms with Crippen molar-refractivity contribution in [2.24, 2.45) is 0 Å². The molecule has 4 nitrogen and oxygen atoms in total. The Morgan fingerprint density at radius 2 is 2.26 bits per heavy atom. The Labute approximate surface area is 114 Å². The molecule has 2 aliphatic heterocycles. The van der Waals surface area contributed by atoms with Gasteiger partial charge in [-0.15, -0.1) is 0 Å². The monoisotopic (exact) mass is 261 g/mol. The van der Waals surface area contributed by atoms with E-state index in [0.29, 0.717) is 18.4 Å². The smallest absolute Gasteiger partial charge is 0.224 e. The first-order chi connectivity index (χ1) is 9.16. The highest BCUT2D eigenvalue weighted by Gasteiger charge is 2.30. The minimum absolute atomic E-state index is 0.205. The molecule has 0 aromatic carbocycles. The molecular formula is C15H23N3O. The van der Waals surface area contributed by atoms with Gasteiger partial charge in [0, 0.05) is 36.9 Å². The lowest BCUT2D eigenvalue weighted by molar-refractivity contribution is -0.134. The molecule has 0 radical (unpaired) electrons. The first-order valence-corrected chi connectivity index (χ1v) is 7.35. The maximum Gasteiger partial charge on any atom is 0.224 e. The van der Waals surface area contributed by atoms with E-state index in [4.69, 9.17) is 0 Å². The average Bonchev–Trinajstić information content (AvgIpc) is 3.01. The molecule has 104 valence electrons. The highest BCUT2D eigenvalue weighted by molar-refractivity contribution is 5.77. The molecule has 1 amide bonds. The molecule has 1 saturated heterocycles. The van der Waals surface area contributed by atoms with Crippen molar-refractivity contribution in [3.05, 3.63) is 23.5 Å². The molecule has 1 fully saturated rings. The van der Waals surface area contributed by atoms with Crippen LogP contribution >= 0.6 is 0 Å². The second kappa shape index (κ2) is 5.00. The van der Waals surface area contributed by atoms with Crippen molar-refractivity contribution in [2.75, 3.05) is 13.1 Å². The first kappa shape index (κ1) is 12.7. The van der Waals surface area contributed by atoms with Crippen LogP contribution in [0.4, 0.5) is 0 Å². The topological polar surface area (TPSA) is 37.3 Å². The lowest BCUT2D eigenvalue weighted by Gasteiger charge is -2.36. The lowest BCUT2D eigenvalue weighted by atomic mass is 10.1. The van der Waals surface area contributed by atoms with Gasteiger partial charge in [0.05, 0.1) is 6.04 Å². The SMILES string of the molecule is Cc1ccc2n1CCN(C(=O)CC1CCCN1)C2C. The highest BCUT2D eigenvalue weighted by atomic mass is 16.2. The third kappa shape index (κ3) is 2.29. The Morgan fingerprint density at radius 1 is 1.42 bits per heavy atom. The van der Waals surface area contributed by atoms with Crippen LogP contribution in [0.2, 0.25) is 0 Å². The molecule has 0 aliphatic carbocycles. The maximum absolute atomic E-state index is 12.5. The summed E-state index contributed by atoms with van der Waals surface area (Å²) in [5.41, 5.74) is 2.57. The van der Waals surface area contributed by atoms with Crippen molar-refractivity contribution in [3.8, 4) is 0 Å². The summed E-state index contributed by atoms with van der Waals surface area (Å²) in [7, 11) is 0. The number of aromatic nitrogens is 1. The third-order valence-electron chi connectivity index (χ3n) is 4.60. The number of hydrogen-bond acceptors (Lipinski definition) is 2. The molecule has 2 unspecified atom stereocenters. The van der Waals surface area contributed by atoms with Crippen LogP contribution in [0.3, 0.4) is 0 Å². The van der Waals surface area contributed by atoms with Crippen molar-refractivity contribution in [2.45, 2.75) is 51.7 Å². The predicted molar refractivity (Wildman–Crippen MR) is 74.9 cm³/mol. The van der Waals surface area contributed by atoms with Crippen molar-refractivity contribution < 1.29 is 4.79 Å². The van der Waals surface area contributed by atoms with Crippen molar-refractivity contribution in [3.63, 3.8) is 0 Å². The van der Waals surface area contributed by atoms with E-state index < -0.39 is 0 Å². The number of carbonyl (C=O) groups excluding carboxylic acids is 1. The molecule has 2 atom stereocenters. The van der Waals surface area contributed by atoms with Crippen LogP contribution in [0.15, 0.2) is 12.1 Å². The van der Waals surface area contributed by atoms with E-state index in [1.54, 1.807) is 0 Å². The van der Waals surface area contributed by atoms with Crippen LogP contribution in [0.1, 0.15) is 43.6 Å². The number of nitrogens with zero attached hydrogens (tertiary/aromatic N) is 2. The second-order valence-electron chi connectivity index (χ2n) is 5.81. The van der Waals surface area contributed by atoms with Crippen LogP contribution in [0.5, 0.6) is 0 Å². The summed E-state index contributed by atoms with van der Waals surface area (Å²) in [6, 6.07) is 4.91. The van der Waals surface area contributed by atoms with E-state index in [9.17, 15) is 4.79 Å². The fraction of sp³-hybridized carbons (Fsp3) is 0.667. The van der Waals surface area contributed by atoms with Gasteiger partial charge >= 0.3 is 0 Å². The molecule has 1 N–H and O–H groups in total. The normalized spacial score (nSPS) is 26.5. The van der Waals surface area contributed by atoms with E-state index in [1.165, 1.54) is 17.8 Å². The first-order valence-electron chi connectivity index (χ1n) is 7.35. The second-order valence-corrected chi connectivity index (χ2v) is 5.81. The molecule has 3 heterocycles. The van der Waals surface area contributed by atoms with E-state index >= 15 is 0 Å². The molecule has 4 heteroatoms. The zero-order valence-corrected chi connectivity index (χ0v) is 11.9. The van der Waals surface area contributed by atoms with Crippen molar-refractivity contribution in [1.82, 2.24) is 14.8 Å². The van der Waals surface area contributed by atoms with Gasteiger partial charge in [-0.25, -0.2) is 0 Å². The average molecular weight is 261 g/mol. The van der Waals surface area contributed by atoms with Gasteiger partial charge in [-0.1, -0.05) is 0 Å². The van der Waals surface area contributed by atoms with Crippen molar-refractivity contribution in [1.29, 1.82) is 0 Å². The fourth-order valence-electron chi connectivity index (χ4n) is 3.42. The largest absolute Gasteiger partial charge is 0.345 e. The van der Waals surface area contributed by atoms with Gasteiger partial charge in [-0.3, -0.25) is 4.79 Å². The Morgan fingerprint density at radius 3 is 3.00 bits per heavy atom. The van der Waals surface area contributed by atoms with Crippen LogP contribution in [0, 0.1) is 6.92 Å². The van der Waals surface area contributed by atoms with E-state index in [1.807, 2.05) is 0 Å². The standard InChI is InChI=1S/C15H23N3O/c1-11-5-6-14-12(2)18(9-8-17(11)14)15(19)10-13-4-3-7-16-13/h5-6,12-13,16H,3-4,7-10H2,1-2H3. The Hall–Kier alpha value is -1.29. The quantitative estimate of drug-likeness (QED) is 0.882. The minimum atomic E-state index is 0.205. The Balaban J connectivity index is 1.70. The third-order valence-corrected chi connectivity index (χ3v) is 4.60. The number of aryl methyl sites for hydroxylation is 1. The summed E-state index contributed by atoms with van der Waals surface area (Å²) in [4.78, 5) is 14.5. The Kier molecular flexibility index (Phi) is 3.35. The number of fused-ring (bicyclic) bond motifs is 1. The number of carbonyl (C=O) groups is 1. The minimum Gasteiger partial charge on any atom is -0.345 e. The van der Waals surface area contributed by atoms with Crippen LogP contribution in [-0.4, -0.2) is 34.5 Å². The van der Waals surface area contributed by atoms with E-state index in [0.717, 1.165) is 26.1 Å². The van der Waals surface area contributed by atoms with Crippen LogP contribution in [-0.2, 0) is 11.3 Å². The molecule has 0 bridgehead atoms. The number of amides is 1. The predicted octanol–water partition coefficient (Wildman–Crippen LogP) is 1.84. The van der Waals surface area contributed by atoms with Crippen LogP contribution in [0.25, 0.3) is 0 Å².